The highest BCUT2D eigenvalue weighted by Crippen LogP contribution is 2.49. The Bertz CT molecular complexity index is 1640. The lowest BCUT2D eigenvalue weighted by Crippen LogP contribution is -2.53. The van der Waals surface area contributed by atoms with Crippen molar-refractivity contribution in [3.8, 4) is 22.5 Å². The van der Waals surface area contributed by atoms with Gasteiger partial charge in [0.15, 0.2) is 5.82 Å². The van der Waals surface area contributed by atoms with E-state index in [0.29, 0.717) is 25.3 Å². The number of nitrogens with zero attached hydrogens (tertiary/aromatic N) is 6. The lowest BCUT2D eigenvalue weighted by Gasteiger charge is -2.47. The van der Waals surface area contributed by atoms with Crippen molar-refractivity contribution in [2.45, 2.75) is 104 Å². The van der Waals surface area contributed by atoms with Gasteiger partial charge in [-0.15, -0.1) is 5.10 Å². The zero-order valence-electron chi connectivity index (χ0n) is 27.1. The summed E-state index contributed by atoms with van der Waals surface area (Å²) in [7, 11) is 0. The molecule has 1 atom stereocenters. The molecule has 0 spiro atoms. The van der Waals surface area contributed by atoms with Crippen LogP contribution in [-0.2, 0) is 24.2 Å². The first kappa shape index (κ1) is 31.0. The summed E-state index contributed by atoms with van der Waals surface area (Å²) < 4.78 is 4.36. The van der Waals surface area contributed by atoms with Gasteiger partial charge in [-0.05, 0) is 79.5 Å². The Morgan fingerprint density at radius 1 is 0.978 bits per heavy atom. The van der Waals surface area contributed by atoms with Crippen LogP contribution in [0, 0.1) is 5.41 Å². The van der Waals surface area contributed by atoms with Crippen LogP contribution in [0.1, 0.15) is 101 Å². The van der Waals surface area contributed by atoms with Crippen LogP contribution in [0.5, 0.6) is 0 Å². The molecule has 0 saturated heterocycles. The summed E-state index contributed by atoms with van der Waals surface area (Å²) in [5.41, 5.74) is 5.84. The number of aromatic nitrogens is 6. The molecule has 3 heterocycles. The SMILES string of the molecule is CCCCc1c(Cc2ccc(-c3ccccc3-c3nnn[nH]3)cc2)c(=O)n2n1CCCC2C1(C(=O)N(CC)CC)CCCCC1. The third kappa shape index (κ3) is 5.77. The van der Waals surface area contributed by atoms with Crippen molar-refractivity contribution in [2.24, 2.45) is 5.41 Å². The summed E-state index contributed by atoms with van der Waals surface area (Å²) in [5.74, 6) is 0.889. The van der Waals surface area contributed by atoms with Crippen molar-refractivity contribution in [3.63, 3.8) is 0 Å². The highest BCUT2D eigenvalue weighted by molar-refractivity contribution is 5.83. The Balaban J connectivity index is 1.38. The number of H-pyrrole nitrogens is 1. The van der Waals surface area contributed by atoms with Gasteiger partial charge in [0.1, 0.15) is 0 Å². The Hall–Kier alpha value is -4.01. The highest BCUT2D eigenvalue weighted by Gasteiger charge is 2.50. The molecule has 1 amide bonds. The van der Waals surface area contributed by atoms with Crippen molar-refractivity contribution in [1.29, 1.82) is 0 Å². The zero-order chi connectivity index (χ0) is 31.4. The van der Waals surface area contributed by atoms with Gasteiger partial charge in [0.05, 0.1) is 11.5 Å². The predicted octanol–water partition coefficient (Wildman–Crippen LogP) is 6.58. The van der Waals surface area contributed by atoms with Crippen molar-refractivity contribution < 1.29 is 4.79 Å². The van der Waals surface area contributed by atoms with E-state index in [1.807, 2.05) is 23.1 Å². The molecule has 2 aliphatic rings. The molecule has 1 aliphatic heterocycles. The fourth-order valence-corrected chi connectivity index (χ4v) is 8.00. The van der Waals surface area contributed by atoms with Gasteiger partial charge in [0.25, 0.3) is 5.56 Å². The normalized spacial score (nSPS) is 17.6. The highest BCUT2D eigenvalue weighted by atomic mass is 16.2. The summed E-state index contributed by atoms with van der Waals surface area (Å²) in [4.78, 5) is 30.9. The minimum Gasteiger partial charge on any atom is -0.343 e. The number of amides is 1. The largest absolute Gasteiger partial charge is 0.343 e. The fourth-order valence-electron chi connectivity index (χ4n) is 8.00. The molecule has 2 aromatic carbocycles. The van der Waals surface area contributed by atoms with E-state index >= 15 is 0 Å². The number of carbonyl (C=O) groups is 1. The van der Waals surface area contributed by atoms with Crippen LogP contribution in [-0.4, -0.2) is 53.9 Å². The molecule has 1 aliphatic carbocycles. The number of rotatable bonds is 11. The van der Waals surface area contributed by atoms with Crippen molar-refractivity contribution in [1.82, 2.24) is 34.9 Å². The van der Waals surface area contributed by atoms with Crippen LogP contribution in [0.2, 0.25) is 0 Å². The maximum absolute atomic E-state index is 14.6. The van der Waals surface area contributed by atoms with E-state index in [-0.39, 0.29) is 17.5 Å². The first-order chi connectivity index (χ1) is 22.0. The molecule has 0 bridgehead atoms. The summed E-state index contributed by atoms with van der Waals surface area (Å²) in [6, 6.07) is 16.5. The second kappa shape index (κ2) is 13.5. The van der Waals surface area contributed by atoms with Gasteiger partial charge in [-0.3, -0.25) is 14.3 Å². The van der Waals surface area contributed by atoms with E-state index in [1.54, 1.807) is 0 Å². The second-order valence-corrected chi connectivity index (χ2v) is 12.8. The number of benzene rings is 2. The van der Waals surface area contributed by atoms with Crippen LogP contribution in [0.25, 0.3) is 22.5 Å². The Kier molecular flexibility index (Phi) is 9.33. The summed E-state index contributed by atoms with van der Waals surface area (Å²) >= 11 is 0. The molecule has 6 rings (SSSR count). The number of nitrogens with one attached hydrogen (secondary N) is 1. The molecule has 1 unspecified atom stereocenters. The van der Waals surface area contributed by atoms with Crippen molar-refractivity contribution in [2.75, 3.05) is 13.1 Å². The average Bonchev–Trinajstić information content (AvgIpc) is 3.72. The average molecular weight is 610 g/mol. The van der Waals surface area contributed by atoms with Crippen LogP contribution < -0.4 is 5.56 Å². The Morgan fingerprint density at radius 2 is 1.71 bits per heavy atom. The molecule has 9 heteroatoms. The molecular formula is C36H47N7O2. The summed E-state index contributed by atoms with van der Waals surface area (Å²) in [5, 5.41) is 14.5. The first-order valence-electron chi connectivity index (χ1n) is 17.1. The van der Waals surface area contributed by atoms with E-state index < -0.39 is 5.41 Å². The van der Waals surface area contributed by atoms with Gasteiger partial charge in [0.2, 0.25) is 5.91 Å². The van der Waals surface area contributed by atoms with Crippen LogP contribution >= 0.6 is 0 Å². The second-order valence-electron chi connectivity index (χ2n) is 12.8. The minimum absolute atomic E-state index is 0.0919. The maximum atomic E-state index is 14.6. The molecule has 1 N–H and O–H groups in total. The Morgan fingerprint density at radius 3 is 2.38 bits per heavy atom. The Labute approximate surface area is 266 Å². The molecule has 4 aromatic rings. The maximum Gasteiger partial charge on any atom is 0.270 e. The first-order valence-corrected chi connectivity index (χ1v) is 17.1. The van der Waals surface area contributed by atoms with Gasteiger partial charge >= 0.3 is 0 Å². The summed E-state index contributed by atoms with van der Waals surface area (Å²) in [6.45, 7) is 8.62. The number of fused-ring (bicyclic) bond motifs is 1. The molecular weight excluding hydrogens is 562 g/mol. The third-order valence-electron chi connectivity index (χ3n) is 10.3. The molecule has 9 nitrogen and oxygen atoms in total. The van der Waals surface area contributed by atoms with Gasteiger partial charge in [-0.25, -0.2) is 9.78 Å². The molecule has 1 fully saturated rings. The quantitative estimate of drug-likeness (QED) is 0.207. The zero-order valence-corrected chi connectivity index (χ0v) is 27.1. The number of hydrogen-bond donors (Lipinski definition) is 1. The monoisotopic (exact) mass is 609 g/mol. The van der Waals surface area contributed by atoms with Gasteiger partial charge < -0.3 is 4.90 Å². The number of carbonyl (C=O) groups excluding carboxylic acids is 1. The molecule has 1 saturated carbocycles. The van der Waals surface area contributed by atoms with E-state index in [2.05, 4.69) is 81.1 Å². The molecule has 2 aromatic heterocycles. The lowest BCUT2D eigenvalue weighted by molar-refractivity contribution is -0.149. The van der Waals surface area contributed by atoms with Crippen molar-refractivity contribution in [3.05, 3.63) is 75.7 Å². The summed E-state index contributed by atoms with van der Waals surface area (Å²) in [6.07, 6.45) is 10.5. The van der Waals surface area contributed by atoms with E-state index in [9.17, 15) is 9.59 Å². The van der Waals surface area contributed by atoms with Gasteiger partial charge in [-0.2, -0.15) is 0 Å². The number of tetrazole rings is 1. The number of unbranched alkanes of at least 4 members (excludes halogenated alkanes) is 1. The third-order valence-corrected chi connectivity index (χ3v) is 10.3. The van der Waals surface area contributed by atoms with E-state index in [0.717, 1.165) is 92.1 Å². The fraction of sp³-hybridized carbons (Fsp3) is 0.528. The number of aromatic amines is 1. The van der Waals surface area contributed by atoms with Crippen molar-refractivity contribution >= 4 is 5.91 Å². The van der Waals surface area contributed by atoms with Crippen LogP contribution in [0.4, 0.5) is 0 Å². The molecule has 0 radical (unpaired) electrons. The van der Waals surface area contributed by atoms with Crippen LogP contribution in [0.3, 0.4) is 0 Å². The van der Waals surface area contributed by atoms with Gasteiger partial charge in [0, 0.05) is 42.9 Å². The van der Waals surface area contributed by atoms with Gasteiger partial charge in [-0.1, -0.05) is 81.1 Å². The van der Waals surface area contributed by atoms with Crippen LogP contribution in [0.15, 0.2) is 53.3 Å². The van der Waals surface area contributed by atoms with E-state index in [4.69, 9.17) is 0 Å². The lowest BCUT2D eigenvalue weighted by atomic mass is 9.66. The molecule has 238 valence electrons. The number of hydrogen-bond acceptors (Lipinski definition) is 5. The standard InChI is InChI=1S/C36H47N7O2/c1-4-7-16-31-30(25-26-18-20-27(21-19-26)28-14-9-10-15-29(28)33-37-39-40-38-33)34(44)43-32(17-13-24-42(31)43)36(22-11-8-12-23-36)35(45)41(5-2)6-3/h9-10,14-15,18-21,32H,4-8,11-13,16-17,22-25H2,1-3H3,(H,37,38,39,40). The van der Waals surface area contributed by atoms with E-state index in [1.165, 1.54) is 12.1 Å². The predicted molar refractivity (Wildman–Crippen MR) is 177 cm³/mol. The minimum atomic E-state index is -0.502. The smallest absolute Gasteiger partial charge is 0.270 e. The topological polar surface area (TPSA) is 102 Å². The molecule has 45 heavy (non-hydrogen) atoms.